The number of aliphatic hydroxyl groups excluding tert-OH is 1. The standard InChI is InChI=1S/C14H22ClNO2/c1-10(2)18-8-7-16(4)14-6-5-12(11(3)17)9-13(14)15/h5-6,9-11,17H,7-8H2,1-4H3. The lowest BCUT2D eigenvalue weighted by Gasteiger charge is -2.22. The van der Waals surface area contributed by atoms with Gasteiger partial charge in [-0.05, 0) is 38.5 Å². The van der Waals surface area contributed by atoms with Crippen molar-refractivity contribution in [3.63, 3.8) is 0 Å². The van der Waals surface area contributed by atoms with Gasteiger partial charge in [-0.25, -0.2) is 0 Å². The number of hydrogen-bond donors (Lipinski definition) is 1. The minimum Gasteiger partial charge on any atom is -0.389 e. The fraction of sp³-hybridized carbons (Fsp3) is 0.571. The predicted molar refractivity (Wildman–Crippen MR) is 76.4 cm³/mol. The van der Waals surface area contributed by atoms with Crippen molar-refractivity contribution < 1.29 is 9.84 Å². The highest BCUT2D eigenvalue weighted by Gasteiger charge is 2.09. The second kappa shape index (κ2) is 6.98. The largest absolute Gasteiger partial charge is 0.389 e. The minimum absolute atomic E-state index is 0.242. The Balaban J connectivity index is 2.65. The van der Waals surface area contributed by atoms with Gasteiger partial charge >= 0.3 is 0 Å². The van der Waals surface area contributed by atoms with Crippen molar-refractivity contribution in [2.24, 2.45) is 0 Å². The summed E-state index contributed by atoms with van der Waals surface area (Å²) < 4.78 is 5.51. The molecule has 3 nitrogen and oxygen atoms in total. The minimum atomic E-state index is -0.494. The van der Waals surface area contributed by atoms with Crippen LogP contribution in [0.25, 0.3) is 0 Å². The molecule has 1 rings (SSSR count). The first kappa shape index (κ1) is 15.3. The summed E-state index contributed by atoms with van der Waals surface area (Å²) in [6.45, 7) is 7.22. The molecule has 0 aromatic heterocycles. The fourth-order valence-electron chi connectivity index (χ4n) is 1.64. The molecule has 1 N–H and O–H groups in total. The van der Waals surface area contributed by atoms with Gasteiger partial charge in [0.2, 0.25) is 0 Å². The molecule has 0 saturated heterocycles. The lowest BCUT2D eigenvalue weighted by molar-refractivity contribution is 0.0846. The van der Waals surface area contributed by atoms with Crippen molar-refractivity contribution in [1.82, 2.24) is 0 Å². The summed E-state index contributed by atoms with van der Waals surface area (Å²) in [5.41, 5.74) is 1.78. The summed E-state index contributed by atoms with van der Waals surface area (Å²) in [5.74, 6) is 0. The van der Waals surface area contributed by atoms with Crippen LogP contribution in [-0.2, 0) is 4.74 Å². The van der Waals surface area contributed by atoms with Crippen molar-refractivity contribution in [1.29, 1.82) is 0 Å². The molecule has 0 saturated carbocycles. The highest BCUT2D eigenvalue weighted by molar-refractivity contribution is 6.33. The Labute approximate surface area is 114 Å². The second-order valence-electron chi connectivity index (χ2n) is 4.73. The molecule has 0 spiro atoms. The number of hydrogen-bond acceptors (Lipinski definition) is 3. The molecule has 0 bridgehead atoms. The highest BCUT2D eigenvalue weighted by atomic mass is 35.5. The van der Waals surface area contributed by atoms with E-state index in [1.807, 2.05) is 33.0 Å². The maximum absolute atomic E-state index is 9.49. The normalized spacial score (nSPS) is 12.8. The lowest BCUT2D eigenvalue weighted by atomic mass is 10.1. The Hall–Kier alpha value is -0.770. The van der Waals surface area contributed by atoms with Gasteiger partial charge in [0.1, 0.15) is 0 Å². The third-order valence-electron chi connectivity index (χ3n) is 2.74. The first-order chi connectivity index (χ1) is 8.41. The Morgan fingerprint density at radius 1 is 1.33 bits per heavy atom. The lowest BCUT2D eigenvalue weighted by Crippen LogP contribution is -2.24. The number of nitrogens with zero attached hydrogens (tertiary/aromatic N) is 1. The zero-order chi connectivity index (χ0) is 13.7. The molecule has 18 heavy (non-hydrogen) atoms. The van der Waals surface area contributed by atoms with Crippen LogP contribution in [0.5, 0.6) is 0 Å². The maximum Gasteiger partial charge on any atom is 0.0762 e. The molecule has 1 unspecified atom stereocenters. The summed E-state index contributed by atoms with van der Waals surface area (Å²) in [6, 6.07) is 5.63. The van der Waals surface area contributed by atoms with Crippen LogP contribution in [0.4, 0.5) is 5.69 Å². The summed E-state index contributed by atoms with van der Waals surface area (Å²) >= 11 is 6.22. The maximum atomic E-state index is 9.49. The zero-order valence-electron chi connectivity index (χ0n) is 11.5. The van der Waals surface area contributed by atoms with E-state index in [2.05, 4.69) is 4.90 Å². The van der Waals surface area contributed by atoms with Gasteiger partial charge in [0.15, 0.2) is 0 Å². The zero-order valence-corrected chi connectivity index (χ0v) is 12.2. The number of anilines is 1. The van der Waals surface area contributed by atoms with Crippen LogP contribution in [0.15, 0.2) is 18.2 Å². The smallest absolute Gasteiger partial charge is 0.0762 e. The molecule has 0 radical (unpaired) electrons. The summed E-state index contributed by atoms with van der Waals surface area (Å²) in [6.07, 6.45) is -0.252. The summed E-state index contributed by atoms with van der Waals surface area (Å²) in [5, 5.41) is 10.1. The molecule has 0 amide bonds. The van der Waals surface area contributed by atoms with Crippen LogP contribution < -0.4 is 4.90 Å². The van der Waals surface area contributed by atoms with E-state index in [9.17, 15) is 5.11 Å². The van der Waals surface area contributed by atoms with Crippen LogP contribution in [0, 0.1) is 0 Å². The fourth-order valence-corrected chi connectivity index (χ4v) is 1.97. The van der Waals surface area contributed by atoms with E-state index in [4.69, 9.17) is 16.3 Å². The Morgan fingerprint density at radius 3 is 2.50 bits per heavy atom. The summed E-state index contributed by atoms with van der Waals surface area (Å²) in [7, 11) is 1.98. The quantitative estimate of drug-likeness (QED) is 0.862. The van der Waals surface area contributed by atoms with Gasteiger partial charge < -0.3 is 14.7 Å². The predicted octanol–water partition coefficient (Wildman–Crippen LogP) is 3.25. The number of ether oxygens (including phenoxy) is 1. The van der Waals surface area contributed by atoms with Gasteiger partial charge in [0, 0.05) is 13.6 Å². The van der Waals surface area contributed by atoms with Crippen molar-refractivity contribution in [2.45, 2.75) is 33.0 Å². The third-order valence-corrected chi connectivity index (χ3v) is 3.05. The van der Waals surface area contributed by atoms with Crippen LogP contribution in [0.3, 0.4) is 0 Å². The molecular weight excluding hydrogens is 250 g/mol. The van der Waals surface area contributed by atoms with Gasteiger partial charge in [-0.2, -0.15) is 0 Å². The molecule has 102 valence electrons. The van der Waals surface area contributed by atoms with E-state index in [1.54, 1.807) is 13.0 Å². The SMILES string of the molecule is CC(C)OCCN(C)c1ccc(C(C)O)cc1Cl. The van der Waals surface area contributed by atoms with Gasteiger partial charge in [-0.3, -0.25) is 0 Å². The molecule has 0 aliphatic carbocycles. The summed E-state index contributed by atoms with van der Waals surface area (Å²) in [4.78, 5) is 2.05. The second-order valence-corrected chi connectivity index (χ2v) is 5.14. The van der Waals surface area contributed by atoms with Crippen molar-refractivity contribution in [3.8, 4) is 0 Å². The number of aliphatic hydroxyl groups is 1. The first-order valence-corrected chi connectivity index (χ1v) is 6.60. The highest BCUT2D eigenvalue weighted by Crippen LogP contribution is 2.28. The van der Waals surface area contributed by atoms with E-state index in [1.165, 1.54) is 0 Å². The number of halogens is 1. The van der Waals surface area contributed by atoms with Crippen LogP contribution in [0.2, 0.25) is 5.02 Å². The Morgan fingerprint density at radius 2 is 2.00 bits per heavy atom. The molecule has 0 fully saturated rings. The molecular formula is C14H22ClNO2. The molecule has 0 aliphatic heterocycles. The Kier molecular flexibility index (Phi) is 5.93. The number of rotatable bonds is 6. The molecule has 1 aromatic rings. The van der Waals surface area contributed by atoms with E-state index in [0.29, 0.717) is 11.6 Å². The van der Waals surface area contributed by atoms with E-state index < -0.39 is 6.10 Å². The van der Waals surface area contributed by atoms with Gasteiger partial charge in [-0.1, -0.05) is 17.7 Å². The average Bonchev–Trinajstić information content (AvgIpc) is 2.27. The van der Waals surface area contributed by atoms with Gasteiger partial charge in [0.25, 0.3) is 0 Å². The van der Waals surface area contributed by atoms with Crippen molar-refractivity contribution in [2.75, 3.05) is 25.1 Å². The molecule has 0 aliphatic rings. The van der Waals surface area contributed by atoms with Crippen LogP contribution in [-0.4, -0.2) is 31.4 Å². The van der Waals surface area contributed by atoms with E-state index in [-0.39, 0.29) is 6.10 Å². The van der Waals surface area contributed by atoms with Crippen molar-refractivity contribution >= 4 is 17.3 Å². The number of benzene rings is 1. The third kappa shape index (κ3) is 4.48. The Bertz CT molecular complexity index is 380. The van der Waals surface area contributed by atoms with Crippen LogP contribution >= 0.6 is 11.6 Å². The van der Waals surface area contributed by atoms with E-state index >= 15 is 0 Å². The molecule has 0 heterocycles. The number of likely N-dealkylation sites (N-methyl/N-ethyl adjacent to an activating group) is 1. The topological polar surface area (TPSA) is 32.7 Å². The van der Waals surface area contributed by atoms with Gasteiger partial charge in [-0.15, -0.1) is 0 Å². The monoisotopic (exact) mass is 271 g/mol. The molecule has 4 heteroatoms. The average molecular weight is 272 g/mol. The van der Waals surface area contributed by atoms with Crippen LogP contribution in [0.1, 0.15) is 32.4 Å². The van der Waals surface area contributed by atoms with Crippen molar-refractivity contribution in [3.05, 3.63) is 28.8 Å². The van der Waals surface area contributed by atoms with E-state index in [0.717, 1.165) is 17.8 Å². The van der Waals surface area contributed by atoms with Gasteiger partial charge in [0.05, 0.1) is 29.5 Å². The molecule has 1 atom stereocenters. The molecule has 1 aromatic carbocycles. The first-order valence-electron chi connectivity index (χ1n) is 6.22.